The molecule has 1 N–H and O–H groups in total. The van der Waals surface area contributed by atoms with E-state index in [0.29, 0.717) is 13.0 Å². The fraction of sp³-hybridized carbons (Fsp3) is 0.188. The molecule has 5 nitrogen and oxygen atoms in total. The molecule has 0 saturated carbocycles. The van der Waals surface area contributed by atoms with Crippen molar-refractivity contribution >= 4 is 11.0 Å². The number of H-pyrrole nitrogens is 1. The molecule has 0 aliphatic rings. The number of rotatable bonds is 5. The molecule has 1 aromatic carbocycles. The molecule has 2 aromatic heterocycles. The first-order chi connectivity index (χ1) is 11.1. The second-order valence-corrected chi connectivity index (χ2v) is 4.95. The molecule has 3 aromatic rings. The molecule has 0 radical (unpaired) electrons. The number of hydrogen-bond acceptors (Lipinski definition) is 4. The Morgan fingerprint density at radius 3 is 2.61 bits per heavy atom. The number of nitrogens with zero attached hydrogens (tertiary/aromatic N) is 2. The lowest BCUT2D eigenvalue weighted by molar-refractivity contribution is 0.118. The zero-order valence-corrected chi connectivity index (χ0v) is 12.1. The van der Waals surface area contributed by atoms with Gasteiger partial charge in [0.05, 0.1) is 12.0 Å². The van der Waals surface area contributed by atoms with Crippen molar-refractivity contribution in [3.8, 4) is 0 Å². The summed E-state index contributed by atoms with van der Waals surface area (Å²) >= 11 is 0. The van der Waals surface area contributed by atoms with Crippen molar-refractivity contribution in [3.05, 3.63) is 69.9 Å². The SMILES string of the molecule is O=c1[nH]c(COCCc2ccc(F)cc2)nc2nc(F)ccc12. The van der Waals surface area contributed by atoms with Crippen molar-refractivity contribution in [2.45, 2.75) is 13.0 Å². The van der Waals surface area contributed by atoms with Crippen LogP contribution in [0.25, 0.3) is 11.0 Å². The lowest BCUT2D eigenvalue weighted by Gasteiger charge is -2.05. The van der Waals surface area contributed by atoms with Gasteiger partial charge in [-0.2, -0.15) is 9.37 Å². The first-order valence-electron chi connectivity index (χ1n) is 6.99. The Kier molecular flexibility index (Phi) is 4.38. The van der Waals surface area contributed by atoms with Gasteiger partial charge in [-0.05, 0) is 36.2 Å². The largest absolute Gasteiger partial charge is 0.373 e. The zero-order valence-electron chi connectivity index (χ0n) is 12.1. The predicted molar refractivity (Wildman–Crippen MR) is 79.9 cm³/mol. The first kappa shape index (κ1) is 15.2. The van der Waals surface area contributed by atoms with Crippen LogP contribution in [0.5, 0.6) is 0 Å². The van der Waals surface area contributed by atoms with Crippen molar-refractivity contribution < 1.29 is 13.5 Å². The minimum absolute atomic E-state index is 0.0471. The van der Waals surface area contributed by atoms with Gasteiger partial charge in [-0.1, -0.05) is 12.1 Å². The fourth-order valence-electron chi connectivity index (χ4n) is 2.12. The molecule has 0 spiro atoms. The average Bonchev–Trinajstić information content (AvgIpc) is 2.53. The van der Waals surface area contributed by atoms with Gasteiger partial charge < -0.3 is 9.72 Å². The third-order valence-corrected chi connectivity index (χ3v) is 3.27. The summed E-state index contributed by atoms with van der Waals surface area (Å²) in [5.41, 5.74) is 0.598. The Bertz CT molecular complexity index is 879. The van der Waals surface area contributed by atoms with E-state index in [2.05, 4.69) is 15.0 Å². The number of aromatic amines is 1. The summed E-state index contributed by atoms with van der Waals surface area (Å²) in [6.07, 6.45) is 0.602. The summed E-state index contributed by atoms with van der Waals surface area (Å²) in [4.78, 5) is 22.1. The molecule has 0 fully saturated rings. The fourth-order valence-corrected chi connectivity index (χ4v) is 2.12. The maximum atomic E-state index is 13.1. The standard InChI is InChI=1S/C16H13F2N3O2/c17-11-3-1-10(2-4-11)7-8-23-9-14-20-15-12(16(22)21-14)5-6-13(18)19-15/h1-6H,7-9H2,(H,19,20,21,22). The highest BCUT2D eigenvalue weighted by Crippen LogP contribution is 2.07. The molecule has 118 valence electrons. The van der Waals surface area contributed by atoms with E-state index in [1.165, 1.54) is 18.2 Å². The van der Waals surface area contributed by atoms with Gasteiger partial charge in [0, 0.05) is 0 Å². The number of hydrogen-bond donors (Lipinski definition) is 1. The third-order valence-electron chi connectivity index (χ3n) is 3.27. The first-order valence-corrected chi connectivity index (χ1v) is 6.99. The van der Waals surface area contributed by atoms with Gasteiger partial charge in [-0.25, -0.2) is 9.37 Å². The topological polar surface area (TPSA) is 67.9 Å². The number of aromatic nitrogens is 3. The van der Waals surface area contributed by atoms with Crippen LogP contribution in [0.1, 0.15) is 11.4 Å². The van der Waals surface area contributed by atoms with E-state index >= 15 is 0 Å². The van der Waals surface area contributed by atoms with Crippen LogP contribution in [0.2, 0.25) is 0 Å². The van der Waals surface area contributed by atoms with Gasteiger partial charge in [0.15, 0.2) is 5.65 Å². The van der Waals surface area contributed by atoms with E-state index in [4.69, 9.17) is 4.74 Å². The van der Waals surface area contributed by atoms with E-state index in [0.717, 1.165) is 11.6 Å². The predicted octanol–water partition coefficient (Wildman–Crippen LogP) is 2.36. The van der Waals surface area contributed by atoms with Gasteiger partial charge in [-0.15, -0.1) is 0 Å². The van der Waals surface area contributed by atoms with Crippen molar-refractivity contribution in [2.24, 2.45) is 0 Å². The molecule has 0 bridgehead atoms. The second kappa shape index (κ2) is 6.62. The van der Waals surface area contributed by atoms with Crippen LogP contribution >= 0.6 is 0 Å². The van der Waals surface area contributed by atoms with Crippen LogP contribution < -0.4 is 5.56 Å². The van der Waals surface area contributed by atoms with Crippen molar-refractivity contribution in [2.75, 3.05) is 6.61 Å². The Morgan fingerprint density at radius 2 is 1.83 bits per heavy atom. The molecule has 0 amide bonds. The monoisotopic (exact) mass is 317 g/mol. The van der Waals surface area contributed by atoms with Crippen molar-refractivity contribution in [1.29, 1.82) is 0 Å². The molecule has 0 saturated heterocycles. The van der Waals surface area contributed by atoms with Crippen LogP contribution in [0.15, 0.2) is 41.2 Å². The molecule has 7 heteroatoms. The summed E-state index contributed by atoms with van der Waals surface area (Å²) in [7, 11) is 0. The maximum Gasteiger partial charge on any atom is 0.260 e. The summed E-state index contributed by atoms with van der Waals surface area (Å²) in [5.74, 6) is -0.703. The van der Waals surface area contributed by atoms with Crippen LogP contribution in [-0.2, 0) is 17.8 Å². The number of nitrogens with one attached hydrogen (secondary N) is 1. The van der Waals surface area contributed by atoms with E-state index in [1.54, 1.807) is 12.1 Å². The molecule has 23 heavy (non-hydrogen) atoms. The van der Waals surface area contributed by atoms with Crippen LogP contribution in [0.3, 0.4) is 0 Å². The smallest absolute Gasteiger partial charge is 0.260 e. The van der Waals surface area contributed by atoms with Crippen molar-refractivity contribution in [1.82, 2.24) is 15.0 Å². The normalized spacial score (nSPS) is 11.0. The number of halogens is 2. The summed E-state index contributed by atoms with van der Waals surface area (Å²) in [5, 5.41) is 0.224. The lowest BCUT2D eigenvalue weighted by Crippen LogP contribution is -2.14. The highest BCUT2D eigenvalue weighted by Gasteiger charge is 2.06. The minimum Gasteiger partial charge on any atom is -0.373 e. The molecule has 0 unspecified atom stereocenters. The van der Waals surface area contributed by atoms with E-state index in [1.807, 2.05) is 0 Å². The molecule has 2 heterocycles. The Hall–Kier alpha value is -2.67. The Labute approximate surface area is 130 Å². The number of benzene rings is 1. The molecular formula is C16H13F2N3O2. The summed E-state index contributed by atoms with van der Waals surface area (Å²) in [6, 6.07) is 8.58. The zero-order chi connectivity index (χ0) is 16.2. The second-order valence-electron chi connectivity index (χ2n) is 4.95. The number of ether oxygens (including phenoxy) is 1. The Balaban J connectivity index is 1.63. The van der Waals surface area contributed by atoms with Gasteiger partial charge in [-0.3, -0.25) is 4.79 Å². The molecule has 0 aliphatic heterocycles. The van der Waals surface area contributed by atoms with Crippen molar-refractivity contribution in [3.63, 3.8) is 0 Å². The van der Waals surface area contributed by atoms with Gasteiger partial charge in [0.25, 0.3) is 5.56 Å². The van der Waals surface area contributed by atoms with Crippen LogP contribution in [0.4, 0.5) is 8.78 Å². The summed E-state index contributed by atoms with van der Waals surface area (Å²) in [6.45, 7) is 0.453. The van der Waals surface area contributed by atoms with Gasteiger partial charge in [0.2, 0.25) is 5.95 Å². The maximum absolute atomic E-state index is 13.1. The average molecular weight is 317 g/mol. The van der Waals surface area contributed by atoms with E-state index < -0.39 is 5.95 Å². The minimum atomic E-state index is -0.696. The Morgan fingerprint density at radius 1 is 1.04 bits per heavy atom. The molecular weight excluding hydrogens is 304 g/mol. The van der Waals surface area contributed by atoms with Crippen LogP contribution in [0, 0.1) is 11.8 Å². The number of fused-ring (bicyclic) bond motifs is 1. The van der Waals surface area contributed by atoms with E-state index in [9.17, 15) is 13.6 Å². The quantitative estimate of drug-likeness (QED) is 0.579. The molecule has 0 aliphatic carbocycles. The summed E-state index contributed by atoms with van der Waals surface area (Å²) < 4.78 is 31.3. The molecule has 3 rings (SSSR count). The third kappa shape index (κ3) is 3.75. The molecule has 0 atom stereocenters. The van der Waals surface area contributed by atoms with E-state index in [-0.39, 0.29) is 34.8 Å². The van der Waals surface area contributed by atoms with Crippen LogP contribution in [-0.4, -0.2) is 21.6 Å². The van der Waals surface area contributed by atoms with Gasteiger partial charge >= 0.3 is 0 Å². The highest BCUT2D eigenvalue weighted by molar-refractivity contribution is 5.72. The van der Waals surface area contributed by atoms with Gasteiger partial charge in [0.1, 0.15) is 18.2 Å². The highest BCUT2D eigenvalue weighted by atomic mass is 19.1. The number of pyridine rings is 1. The lowest BCUT2D eigenvalue weighted by atomic mass is 10.2.